The molecule has 3 aromatic rings. The van der Waals surface area contributed by atoms with Crippen LogP contribution in [0.1, 0.15) is 26.3 Å². The topological polar surface area (TPSA) is 90.5 Å². The van der Waals surface area contributed by atoms with Crippen LogP contribution in [-0.4, -0.2) is 30.9 Å². The first-order valence-electron chi connectivity index (χ1n) is 9.95. The molecule has 31 heavy (non-hydrogen) atoms. The molecule has 7 heteroatoms. The lowest BCUT2D eigenvalue weighted by Crippen LogP contribution is -2.28. The average molecular weight is 414 g/mol. The van der Waals surface area contributed by atoms with Gasteiger partial charge >= 0.3 is 6.03 Å². The Morgan fingerprint density at radius 1 is 0.839 bits per heavy atom. The van der Waals surface area contributed by atoms with Crippen molar-refractivity contribution in [2.24, 2.45) is 0 Å². The van der Waals surface area contributed by atoms with Crippen LogP contribution in [0.2, 0.25) is 0 Å². The Bertz CT molecular complexity index is 1140. The molecule has 0 radical (unpaired) electrons. The van der Waals surface area contributed by atoms with Gasteiger partial charge < -0.3 is 16.0 Å². The Labute approximate surface area is 180 Å². The SMILES string of the molecule is Cc1cc(C(=O)Nc2cccc(NC(=O)c3ccccc3)c2)ccc1N1CCNC1=O. The summed E-state index contributed by atoms with van der Waals surface area (Å²) in [5.41, 5.74) is 3.82. The largest absolute Gasteiger partial charge is 0.336 e. The zero-order chi connectivity index (χ0) is 21.8. The van der Waals surface area contributed by atoms with Crippen LogP contribution in [0.4, 0.5) is 21.9 Å². The summed E-state index contributed by atoms with van der Waals surface area (Å²) in [4.78, 5) is 38.6. The number of anilines is 3. The Hall–Kier alpha value is -4.13. The number of hydrogen-bond donors (Lipinski definition) is 3. The quantitative estimate of drug-likeness (QED) is 0.589. The third kappa shape index (κ3) is 4.56. The van der Waals surface area contributed by atoms with E-state index in [-0.39, 0.29) is 17.8 Å². The molecule has 0 aliphatic carbocycles. The van der Waals surface area contributed by atoms with Crippen molar-refractivity contribution in [3.63, 3.8) is 0 Å². The third-order valence-electron chi connectivity index (χ3n) is 5.02. The third-order valence-corrected chi connectivity index (χ3v) is 5.02. The first-order chi connectivity index (χ1) is 15.0. The lowest BCUT2D eigenvalue weighted by molar-refractivity contribution is 0.101. The maximum atomic E-state index is 12.7. The zero-order valence-electron chi connectivity index (χ0n) is 17.0. The molecule has 0 atom stereocenters. The monoisotopic (exact) mass is 414 g/mol. The van der Waals surface area contributed by atoms with Crippen LogP contribution in [0, 0.1) is 6.92 Å². The van der Waals surface area contributed by atoms with Crippen molar-refractivity contribution in [1.29, 1.82) is 0 Å². The molecule has 156 valence electrons. The minimum Gasteiger partial charge on any atom is -0.336 e. The van der Waals surface area contributed by atoms with Crippen molar-refractivity contribution in [2.75, 3.05) is 28.6 Å². The van der Waals surface area contributed by atoms with Crippen LogP contribution < -0.4 is 20.9 Å². The Balaban J connectivity index is 1.45. The summed E-state index contributed by atoms with van der Waals surface area (Å²) in [7, 11) is 0. The highest BCUT2D eigenvalue weighted by Gasteiger charge is 2.23. The van der Waals surface area contributed by atoms with Gasteiger partial charge in [0.2, 0.25) is 0 Å². The Morgan fingerprint density at radius 3 is 2.13 bits per heavy atom. The standard InChI is InChI=1S/C24H22N4O3/c1-16-14-18(10-11-21(16)28-13-12-25-24(28)31)23(30)27-20-9-5-8-19(15-20)26-22(29)17-6-3-2-4-7-17/h2-11,14-15H,12-13H2,1H3,(H,25,31)(H,26,29)(H,27,30). The van der Waals surface area contributed by atoms with E-state index in [0.29, 0.717) is 35.6 Å². The minimum atomic E-state index is -0.271. The average Bonchev–Trinajstić information content (AvgIpc) is 3.20. The number of amides is 4. The van der Waals surface area contributed by atoms with Gasteiger partial charge in [0.15, 0.2) is 0 Å². The maximum absolute atomic E-state index is 12.7. The van der Waals surface area contributed by atoms with Crippen molar-refractivity contribution in [2.45, 2.75) is 6.92 Å². The van der Waals surface area contributed by atoms with Gasteiger partial charge in [-0.15, -0.1) is 0 Å². The second kappa shape index (κ2) is 8.71. The molecule has 0 unspecified atom stereocenters. The highest BCUT2D eigenvalue weighted by molar-refractivity contribution is 6.07. The van der Waals surface area contributed by atoms with Crippen molar-refractivity contribution in [3.05, 3.63) is 89.5 Å². The lowest BCUT2D eigenvalue weighted by Gasteiger charge is -2.17. The van der Waals surface area contributed by atoms with E-state index in [1.807, 2.05) is 13.0 Å². The highest BCUT2D eigenvalue weighted by atomic mass is 16.2. The molecule has 1 saturated heterocycles. The van der Waals surface area contributed by atoms with E-state index in [1.54, 1.807) is 71.6 Å². The predicted octanol–water partition coefficient (Wildman–Crippen LogP) is 4.03. The molecular weight excluding hydrogens is 392 g/mol. The van der Waals surface area contributed by atoms with Gasteiger partial charge in [0.05, 0.1) is 0 Å². The van der Waals surface area contributed by atoms with Crippen LogP contribution in [0.5, 0.6) is 0 Å². The molecule has 7 nitrogen and oxygen atoms in total. The summed E-state index contributed by atoms with van der Waals surface area (Å²) in [5.74, 6) is -0.492. The van der Waals surface area contributed by atoms with E-state index in [9.17, 15) is 14.4 Å². The van der Waals surface area contributed by atoms with E-state index < -0.39 is 0 Å². The van der Waals surface area contributed by atoms with Crippen molar-refractivity contribution in [3.8, 4) is 0 Å². The van der Waals surface area contributed by atoms with E-state index in [1.165, 1.54) is 0 Å². The molecule has 3 aromatic carbocycles. The fourth-order valence-electron chi connectivity index (χ4n) is 3.47. The second-order valence-corrected chi connectivity index (χ2v) is 7.24. The van der Waals surface area contributed by atoms with Gasteiger partial charge in [0, 0.05) is 41.3 Å². The smallest absolute Gasteiger partial charge is 0.322 e. The summed E-state index contributed by atoms with van der Waals surface area (Å²) in [6.07, 6.45) is 0. The van der Waals surface area contributed by atoms with Crippen LogP contribution in [0.15, 0.2) is 72.8 Å². The lowest BCUT2D eigenvalue weighted by atomic mass is 10.1. The first-order valence-corrected chi connectivity index (χ1v) is 9.95. The zero-order valence-corrected chi connectivity index (χ0v) is 17.0. The van der Waals surface area contributed by atoms with Gasteiger partial charge in [-0.25, -0.2) is 4.79 Å². The van der Waals surface area contributed by atoms with Crippen LogP contribution in [0.25, 0.3) is 0 Å². The second-order valence-electron chi connectivity index (χ2n) is 7.24. The molecule has 4 rings (SSSR count). The molecule has 3 N–H and O–H groups in total. The van der Waals surface area contributed by atoms with Crippen LogP contribution in [0.3, 0.4) is 0 Å². The van der Waals surface area contributed by atoms with Gasteiger partial charge in [-0.3, -0.25) is 14.5 Å². The molecule has 4 amide bonds. The number of rotatable bonds is 5. The minimum absolute atomic E-state index is 0.130. The van der Waals surface area contributed by atoms with Gasteiger partial charge in [0.1, 0.15) is 0 Å². The normalized spacial score (nSPS) is 12.9. The number of hydrogen-bond acceptors (Lipinski definition) is 3. The number of aryl methyl sites for hydroxylation is 1. The summed E-state index contributed by atoms with van der Waals surface area (Å²) < 4.78 is 0. The molecule has 0 aromatic heterocycles. The maximum Gasteiger partial charge on any atom is 0.322 e. The van der Waals surface area contributed by atoms with E-state index in [2.05, 4.69) is 16.0 Å². The predicted molar refractivity (Wildman–Crippen MR) is 121 cm³/mol. The van der Waals surface area contributed by atoms with Gasteiger partial charge in [-0.05, 0) is 61.0 Å². The van der Waals surface area contributed by atoms with Gasteiger partial charge in [-0.2, -0.15) is 0 Å². The number of nitrogens with zero attached hydrogens (tertiary/aromatic N) is 1. The number of carbonyl (C=O) groups excluding carboxylic acids is 3. The number of urea groups is 1. The van der Waals surface area contributed by atoms with E-state index >= 15 is 0 Å². The van der Waals surface area contributed by atoms with Gasteiger partial charge in [-0.1, -0.05) is 24.3 Å². The Morgan fingerprint density at radius 2 is 1.52 bits per heavy atom. The van der Waals surface area contributed by atoms with Crippen LogP contribution in [-0.2, 0) is 0 Å². The van der Waals surface area contributed by atoms with Crippen LogP contribution >= 0.6 is 0 Å². The first kappa shape index (κ1) is 20.2. The molecule has 0 bridgehead atoms. The molecule has 1 aliphatic heterocycles. The van der Waals surface area contributed by atoms with Crippen molar-refractivity contribution in [1.82, 2.24) is 5.32 Å². The number of nitrogens with one attached hydrogen (secondary N) is 3. The summed E-state index contributed by atoms with van der Waals surface area (Å²) in [6.45, 7) is 3.09. The number of carbonyl (C=O) groups is 3. The molecule has 0 saturated carbocycles. The number of benzene rings is 3. The summed E-state index contributed by atoms with van der Waals surface area (Å²) in [6, 6.07) is 21.0. The highest BCUT2D eigenvalue weighted by Crippen LogP contribution is 2.24. The fourth-order valence-corrected chi connectivity index (χ4v) is 3.47. The summed E-state index contributed by atoms with van der Waals surface area (Å²) >= 11 is 0. The molecule has 1 aliphatic rings. The van der Waals surface area contributed by atoms with Gasteiger partial charge in [0.25, 0.3) is 11.8 Å². The summed E-state index contributed by atoms with van der Waals surface area (Å²) in [5, 5.41) is 8.46. The molecule has 1 heterocycles. The van der Waals surface area contributed by atoms with Crippen molar-refractivity contribution < 1.29 is 14.4 Å². The van der Waals surface area contributed by atoms with Crippen molar-refractivity contribution >= 4 is 34.9 Å². The van der Waals surface area contributed by atoms with E-state index in [4.69, 9.17) is 0 Å². The molecule has 0 spiro atoms. The fraction of sp³-hybridized carbons (Fsp3) is 0.125. The Kier molecular flexibility index (Phi) is 5.66. The molecule has 1 fully saturated rings. The molecular formula is C24H22N4O3. The van der Waals surface area contributed by atoms with E-state index in [0.717, 1.165) is 11.3 Å².